The summed E-state index contributed by atoms with van der Waals surface area (Å²) in [6.07, 6.45) is 4.25. The lowest BCUT2D eigenvalue weighted by Crippen LogP contribution is -2.52. The summed E-state index contributed by atoms with van der Waals surface area (Å²) in [5, 5.41) is 3.46. The average Bonchev–Trinajstić information content (AvgIpc) is 2.84. The summed E-state index contributed by atoms with van der Waals surface area (Å²) in [4.78, 5) is 12.9. The summed E-state index contributed by atoms with van der Waals surface area (Å²) in [7, 11) is 3.32. The van der Waals surface area contributed by atoms with E-state index in [-0.39, 0.29) is 11.9 Å². The number of hydrogen-bond donors (Lipinski definition) is 1. The van der Waals surface area contributed by atoms with E-state index in [0.717, 1.165) is 54.0 Å². The van der Waals surface area contributed by atoms with Crippen molar-refractivity contribution in [1.29, 1.82) is 0 Å². The fraction of sp³-hybridized carbons (Fsp3) is 0.519. The van der Waals surface area contributed by atoms with E-state index in [1.165, 1.54) is 6.42 Å². The molecule has 1 aliphatic heterocycles. The Morgan fingerprint density at radius 3 is 2.45 bits per heavy atom. The van der Waals surface area contributed by atoms with E-state index < -0.39 is 17.8 Å². The van der Waals surface area contributed by atoms with Gasteiger partial charge >= 0.3 is 5.97 Å². The minimum atomic E-state index is -0.698. The highest BCUT2D eigenvalue weighted by molar-refractivity contribution is 5.73. The molecule has 0 spiro atoms. The molecule has 0 bridgehead atoms. The van der Waals surface area contributed by atoms with Crippen LogP contribution in [0.4, 0.5) is 5.69 Å². The SMILES string of the molecule is COc1ccc(CNc2ccc3c(c2)C(OC)C(OC(=O)C2CCCCC2)C(C)(C)O3)cc1. The van der Waals surface area contributed by atoms with Crippen LogP contribution in [0.5, 0.6) is 11.5 Å². The maximum absolute atomic E-state index is 12.9. The smallest absolute Gasteiger partial charge is 0.309 e. The number of esters is 1. The van der Waals surface area contributed by atoms with E-state index in [2.05, 4.69) is 5.32 Å². The average molecular weight is 454 g/mol. The monoisotopic (exact) mass is 453 g/mol. The molecule has 4 rings (SSSR count). The van der Waals surface area contributed by atoms with Gasteiger partial charge in [0.05, 0.1) is 13.0 Å². The van der Waals surface area contributed by atoms with Gasteiger partial charge in [-0.25, -0.2) is 0 Å². The van der Waals surface area contributed by atoms with Crippen LogP contribution >= 0.6 is 0 Å². The van der Waals surface area contributed by atoms with E-state index in [1.807, 2.05) is 56.3 Å². The molecule has 0 amide bonds. The van der Waals surface area contributed by atoms with Gasteiger partial charge in [0.2, 0.25) is 0 Å². The second kappa shape index (κ2) is 10.0. The van der Waals surface area contributed by atoms with Crippen molar-refractivity contribution in [1.82, 2.24) is 0 Å². The van der Waals surface area contributed by atoms with Gasteiger partial charge in [0.15, 0.2) is 6.10 Å². The third-order valence-electron chi connectivity index (χ3n) is 6.74. The van der Waals surface area contributed by atoms with Gasteiger partial charge in [0.25, 0.3) is 0 Å². The van der Waals surface area contributed by atoms with Crippen LogP contribution in [0.25, 0.3) is 0 Å². The number of fused-ring (bicyclic) bond motifs is 1. The fourth-order valence-corrected chi connectivity index (χ4v) is 4.80. The van der Waals surface area contributed by atoms with Crippen LogP contribution in [0.1, 0.15) is 63.2 Å². The maximum atomic E-state index is 12.9. The molecule has 178 valence electrons. The molecular weight excluding hydrogens is 418 g/mol. The lowest BCUT2D eigenvalue weighted by atomic mass is 9.86. The van der Waals surface area contributed by atoms with Crippen LogP contribution in [-0.2, 0) is 20.8 Å². The van der Waals surface area contributed by atoms with Crippen LogP contribution in [0, 0.1) is 5.92 Å². The maximum Gasteiger partial charge on any atom is 0.309 e. The second-order valence-electron chi connectivity index (χ2n) is 9.51. The minimum absolute atomic E-state index is 0.0223. The number of carbonyl (C=O) groups excluding carboxylic acids is 1. The first kappa shape index (κ1) is 23.4. The van der Waals surface area contributed by atoms with E-state index in [9.17, 15) is 4.79 Å². The van der Waals surface area contributed by atoms with E-state index in [1.54, 1.807) is 14.2 Å². The molecular formula is C27H35NO5. The molecule has 1 aliphatic carbocycles. The molecule has 6 nitrogen and oxygen atoms in total. The normalized spacial score (nSPS) is 22.1. The van der Waals surface area contributed by atoms with Gasteiger partial charge in [-0.05, 0) is 62.6 Å². The number of nitrogens with one attached hydrogen (secondary N) is 1. The van der Waals surface area contributed by atoms with Crippen molar-refractivity contribution in [3.05, 3.63) is 53.6 Å². The zero-order chi connectivity index (χ0) is 23.4. The molecule has 2 aromatic carbocycles. The molecule has 0 radical (unpaired) electrons. The highest BCUT2D eigenvalue weighted by atomic mass is 16.6. The number of ether oxygens (including phenoxy) is 4. The molecule has 2 atom stereocenters. The van der Waals surface area contributed by atoms with Gasteiger partial charge < -0.3 is 24.3 Å². The molecule has 0 aromatic heterocycles. The third kappa shape index (κ3) is 5.27. The van der Waals surface area contributed by atoms with Crippen molar-refractivity contribution < 1.29 is 23.7 Å². The molecule has 0 saturated heterocycles. The fourth-order valence-electron chi connectivity index (χ4n) is 4.80. The Morgan fingerprint density at radius 2 is 1.79 bits per heavy atom. The lowest BCUT2D eigenvalue weighted by Gasteiger charge is -2.44. The molecule has 2 aliphatic rings. The molecule has 1 heterocycles. The Hall–Kier alpha value is -2.73. The number of hydrogen-bond acceptors (Lipinski definition) is 6. The van der Waals surface area contributed by atoms with Gasteiger partial charge in [0, 0.05) is 24.9 Å². The molecule has 2 unspecified atom stereocenters. The van der Waals surface area contributed by atoms with Crippen LogP contribution in [0.15, 0.2) is 42.5 Å². The van der Waals surface area contributed by atoms with E-state index in [4.69, 9.17) is 18.9 Å². The highest BCUT2D eigenvalue weighted by Crippen LogP contribution is 2.44. The van der Waals surface area contributed by atoms with Crippen molar-refractivity contribution >= 4 is 11.7 Å². The van der Waals surface area contributed by atoms with E-state index in [0.29, 0.717) is 6.54 Å². The van der Waals surface area contributed by atoms with Crippen molar-refractivity contribution in [2.45, 2.75) is 70.3 Å². The van der Waals surface area contributed by atoms with Gasteiger partial charge in [-0.3, -0.25) is 4.79 Å². The number of benzene rings is 2. The third-order valence-corrected chi connectivity index (χ3v) is 6.74. The molecule has 1 saturated carbocycles. The molecule has 33 heavy (non-hydrogen) atoms. The first-order valence-corrected chi connectivity index (χ1v) is 11.8. The number of rotatable bonds is 7. The Balaban J connectivity index is 1.51. The van der Waals surface area contributed by atoms with Gasteiger partial charge in [0.1, 0.15) is 23.2 Å². The minimum Gasteiger partial charge on any atom is -0.497 e. The predicted molar refractivity (Wildman–Crippen MR) is 128 cm³/mol. The zero-order valence-electron chi connectivity index (χ0n) is 20.1. The van der Waals surface area contributed by atoms with Crippen molar-refractivity contribution in [2.24, 2.45) is 5.92 Å². The molecule has 2 aromatic rings. The first-order valence-electron chi connectivity index (χ1n) is 11.8. The Labute approximate surface area is 196 Å². The van der Waals surface area contributed by atoms with Gasteiger partial charge in [-0.1, -0.05) is 31.4 Å². The van der Waals surface area contributed by atoms with Crippen molar-refractivity contribution in [2.75, 3.05) is 19.5 Å². The predicted octanol–water partition coefficient (Wildman–Crippen LogP) is 5.66. The van der Waals surface area contributed by atoms with Crippen LogP contribution in [0.2, 0.25) is 0 Å². The molecule has 1 N–H and O–H groups in total. The first-order chi connectivity index (χ1) is 15.9. The lowest BCUT2D eigenvalue weighted by molar-refractivity contribution is -0.186. The highest BCUT2D eigenvalue weighted by Gasteiger charge is 2.47. The van der Waals surface area contributed by atoms with Crippen LogP contribution in [0.3, 0.4) is 0 Å². The topological polar surface area (TPSA) is 66.0 Å². The van der Waals surface area contributed by atoms with Gasteiger partial charge in [-0.2, -0.15) is 0 Å². The summed E-state index contributed by atoms with van der Waals surface area (Å²) in [5.41, 5.74) is 2.29. The largest absolute Gasteiger partial charge is 0.497 e. The van der Waals surface area contributed by atoms with Crippen molar-refractivity contribution in [3.63, 3.8) is 0 Å². The van der Waals surface area contributed by atoms with Crippen LogP contribution < -0.4 is 14.8 Å². The van der Waals surface area contributed by atoms with E-state index >= 15 is 0 Å². The number of methoxy groups -OCH3 is 2. The standard InChI is InChI=1S/C27H35NO5/c1-27(2)25(32-26(29)19-8-6-5-7-9-19)24(31-4)22-16-20(12-15-23(22)33-27)28-17-18-10-13-21(30-3)14-11-18/h10-16,19,24-25,28H,5-9,17H2,1-4H3. The Morgan fingerprint density at radius 1 is 1.06 bits per heavy atom. The van der Waals surface area contributed by atoms with Crippen molar-refractivity contribution in [3.8, 4) is 11.5 Å². The number of carbonyl (C=O) groups is 1. The summed E-state index contributed by atoms with van der Waals surface area (Å²) >= 11 is 0. The summed E-state index contributed by atoms with van der Waals surface area (Å²) in [5.74, 6) is 1.44. The number of anilines is 1. The summed E-state index contributed by atoms with van der Waals surface area (Å²) < 4.78 is 23.5. The summed E-state index contributed by atoms with van der Waals surface area (Å²) in [6.45, 7) is 4.58. The Bertz CT molecular complexity index is 949. The Kier molecular flexibility index (Phi) is 7.13. The van der Waals surface area contributed by atoms with Crippen LogP contribution in [-0.4, -0.2) is 31.9 Å². The quantitative estimate of drug-likeness (QED) is 0.546. The molecule has 6 heteroatoms. The zero-order valence-corrected chi connectivity index (χ0v) is 20.1. The summed E-state index contributed by atoms with van der Waals surface area (Å²) in [6, 6.07) is 14.0. The second-order valence-corrected chi connectivity index (χ2v) is 9.51. The van der Waals surface area contributed by atoms with Gasteiger partial charge in [-0.15, -0.1) is 0 Å². The molecule has 1 fully saturated rings.